The summed E-state index contributed by atoms with van der Waals surface area (Å²) in [6, 6.07) is 6.32. The topological polar surface area (TPSA) is 147 Å². The monoisotopic (exact) mass is 406 g/mol. The summed E-state index contributed by atoms with van der Waals surface area (Å²) in [6.45, 7) is 2.92. The first kappa shape index (κ1) is 20.5. The van der Waals surface area contributed by atoms with Crippen LogP contribution in [0.25, 0.3) is 0 Å². The molecule has 1 aliphatic rings. The van der Waals surface area contributed by atoms with Crippen LogP contribution in [0.15, 0.2) is 35.4 Å². The summed E-state index contributed by atoms with van der Waals surface area (Å²) in [6.07, 6.45) is 4.66. The van der Waals surface area contributed by atoms with Gasteiger partial charge >= 0.3 is 0 Å². The number of aromatic nitrogens is 2. The Morgan fingerprint density at radius 3 is 2.57 bits per heavy atom. The minimum atomic E-state index is -3.28. The van der Waals surface area contributed by atoms with Crippen LogP contribution in [0.5, 0.6) is 0 Å². The van der Waals surface area contributed by atoms with Crippen molar-refractivity contribution in [2.75, 3.05) is 29.6 Å². The van der Waals surface area contributed by atoms with Crippen molar-refractivity contribution >= 4 is 27.2 Å². The molecule has 1 fully saturated rings. The maximum Gasteiger partial charge on any atom is 0.175 e. The van der Waals surface area contributed by atoms with E-state index in [0.29, 0.717) is 23.9 Å². The van der Waals surface area contributed by atoms with Gasteiger partial charge in [0.2, 0.25) is 0 Å². The van der Waals surface area contributed by atoms with E-state index in [2.05, 4.69) is 15.3 Å². The van der Waals surface area contributed by atoms with Crippen LogP contribution in [0.4, 0.5) is 17.3 Å². The van der Waals surface area contributed by atoms with E-state index in [9.17, 15) is 13.5 Å². The van der Waals surface area contributed by atoms with E-state index in [1.165, 1.54) is 19.1 Å². The average molecular weight is 407 g/mol. The molecule has 1 aliphatic heterocycles. The molecule has 3 rings (SSSR count). The summed E-state index contributed by atoms with van der Waals surface area (Å²) < 4.78 is 23.3. The number of nitrogens with two attached hydrogens (primary N) is 2. The third-order valence-electron chi connectivity index (χ3n) is 4.57. The molecule has 10 heteroatoms. The minimum absolute atomic E-state index is 0.0767. The number of nitrogens with one attached hydrogen (secondary N) is 1. The number of piperidine rings is 1. The van der Waals surface area contributed by atoms with Gasteiger partial charge in [-0.25, -0.2) is 18.4 Å². The lowest BCUT2D eigenvalue weighted by Crippen LogP contribution is -2.43. The van der Waals surface area contributed by atoms with Crippen LogP contribution in [0.2, 0.25) is 0 Å². The summed E-state index contributed by atoms with van der Waals surface area (Å²) in [5.41, 5.74) is 11.0. The van der Waals surface area contributed by atoms with Gasteiger partial charge in [0.1, 0.15) is 11.5 Å². The number of benzene rings is 1. The molecule has 1 unspecified atom stereocenters. The van der Waals surface area contributed by atoms with Crippen LogP contribution < -0.4 is 21.7 Å². The number of hydrogen-bond acceptors (Lipinski definition) is 9. The fourth-order valence-corrected chi connectivity index (χ4v) is 3.76. The first-order valence-electron chi connectivity index (χ1n) is 9.00. The summed E-state index contributed by atoms with van der Waals surface area (Å²) in [4.78, 5) is 11.2. The lowest BCUT2D eigenvalue weighted by molar-refractivity contribution is 0.0605. The number of rotatable bonds is 5. The maximum absolute atomic E-state index is 11.6. The number of nitrogens with zero attached hydrogens (tertiary/aromatic N) is 3. The molecule has 0 radical (unpaired) electrons. The second kappa shape index (κ2) is 7.63. The molecule has 0 spiro atoms. The van der Waals surface area contributed by atoms with Gasteiger partial charge in [-0.2, -0.15) is 0 Å². The normalized spacial score (nSPS) is 19.9. The van der Waals surface area contributed by atoms with Gasteiger partial charge in [0.25, 0.3) is 0 Å². The van der Waals surface area contributed by atoms with Gasteiger partial charge in [0.15, 0.2) is 21.4 Å². The quantitative estimate of drug-likeness (QED) is 0.526. The number of anilines is 3. The largest absolute Gasteiger partial charge is 0.370 e. The van der Waals surface area contributed by atoms with Gasteiger partial charge in [-0.15, -0.1) is 0 Å². The Labute approximate surface area is 164 Å². The zero-order valence-electron chi connectivity index (χ0n) is 16.0. The SMILES string of the molecule is CC(N)(O)c1ncc(N2CCC[C@@H](N)C2)nc1Nc1ccc(S(C)(=O)=O)cc1. The van der Waals surface area contributed by atoms with Crippen molar-refractivity contribution in [3.05, 3.63) is 36.2 Å². The molecule has 1 aromatic carbocycles. The molecule has 9 nitrogen and oxygen atoms in total. The molecular weight excluding hydrogens is 380 g/mol. The molecule has 1 saturated heterocycles. The Bertz CT molecular complexity index is 941. The van der Waals surface area contributed by atoms with Crippen LogP contribution in [-0.2, 0) is 15.6 Å². The van der Waals surface area contributed by atoms with Crippen LogP contribution in [0.3, 0.4) is 0 Å². The first-order valence-corrected chi connectivity index (χ1v) is 10.9. The molecular formula is C18H26N6O3S. The predicted molar refractivity (Wildman–Crippen MR) is 108 cm³/mol. The molecule has 0 saturated carbocycles. The second-order valence-corrected chi connectivity index (χ2v) is 9.36. The van der Waals surface area contributed by atoms with Crippen molar-refractivity contribution in [2.24, 2.45) is 11.5 Å². The van der Waals surface area contributed by atoms with Crippen molar-refractivity contribution in [1.82, 2.24) is 9.97 Å². The summed E-state index contributed by atoms with van der Waals surface area (Å²) in [5.74, 6) is 0.939. The molecule has 28 heavy (non-hydrogen) atoms. The van der Waals surface area contributed by atoms with E-state index in [1.54, 1.807) is 18.3 Å². The lowest BCUT2D eigenvalue weighted by atomic mass is 10.1. The molecule has 152 valence electrons. The van der Waals surface area contributed by atoms with Crippen LogP contribution in [0, 0.1) is 0 Å². The standard InChI is InChI=1S/C18H26N6O3S/c1-18(20,25)16-17(22-13-5-7-14(8-6-13)28(2,26)27)23-15(10-21-16)24-9-3-4-12(19)11-24/h5-8,10,12,25H,3-4,9,11,19-20H2,1-2H3,(H,22,23)/t12-,18?/m1/s1. The van der Waals surface area contributed by atoms with E-state index in [0.717, 1.165) is 25.6 Å². The van der Waals surface area contributed by atoms with Gasteiger partial charge in [-0.05, 0) is 44.0 Å². The Morgan fingerprint density at radius 2 is 2.00 bits per heavy atom. The molecule has 0 bridgehead atoms. The van der Waals surface area contributed by atoms with E-state index < -0.39 is 15.6 Å². The predicted octanol–water partition coefficient (Wildman–Crippen LogP) is 0.675. The Hall–Kier alpha value is -2.27. The van der Waals surface area contributed by atoms with E-state index >= 15 is 0 Å². The summed E-state index contributed by atoms with van der Waals surface area (Å²) in [7, 11) is -3.28. The highest BCUT2D eigenvalue weighted by Crippen LogP contribution is 2.27. The Morgan fingerprint density at radius 1 is 1.32 bits per heavy atom. The molecule has 0 amide bonds. The van der Waals surface area contributed by atoms with Gasteiger partial charge in [-0.1, -0.05) is 0 Å². The highest BCUT2D eigenvalue weighted by atomic mass is 32.2. The van der Waals surface area contributed by atoms with E-state index in [1.807, 2.05) is 4.90 Å². The molecule has 0 aliphatic carbocycles. The third-order valence-corrected chi connectivity index (χ3v) is 5.69. The Kier molecular flexibility index (Phi) is 5.57. The fraction of sp³-hybridized carbons (Fsp3) is 0.444. The second-order valence-electron chi connectivity index (χ2n) is 7.34. The fourth-order valence-electron chi connectivity index (χ4n) is 3.13. The van der Waals surface area contributed by atoms with Crippen molar-refractivity contribution < 1.29 is 13.5 Å². The number of hydrogen-bond donors (Lipinski definition) is 4. The summed E-state index contributed by atoms with van der Waals surface area (Å²) >= 11 is 0. The van der Waals surface area contributed by atoms with Gasteiger partial charge in [0.05, 0.1) is 11.1 Å². The highest BCUT2D eigenvalue weighted by Gasteiger charge is 2.26. The molecule has 2 atom stereocenters. The van der Waals surface area contributed by atoms with Crippen molar-refractivity contribution in [1.29, 1.82) is 0 Å². The smallest absolute Gasteiger partial charge is 0.175 e. The van der Waals surface area contributed by atoms with Gasteiger partial charge in [-0.3, -0.25) is 5.73 Å². The first-order chi connectivity index (χ1) is 13.0. The molecule has 6 N–H and O–H groups in total. The van der Waals surface area contributed by atoms with Crippen molar-refractivity contribution in [3.63, 3.8) is 0 Å². The van der Waals surface area contributed by atoms with Crippen molar-refractivity contribution in [2.45, 2.75) is 36.4 Å². The zero-order valence-corrected chi connectivity index (χ0v) is 16.8. The van der Waals surface area contributed by atoms with Crippen LogP contribution in [-0.4, -0.2) is 48.9 Å². The number of aliphatic hydroxyl groups is 1. The van der Waals surface area contributed by atoms with Gasteiger partial charge in [0, 0.05) is 31.1 Å². The highest BCUT2D eigenvalue weighted by molar-refractivity contribution is 7.90. The minimum Gasteiger partial charge on any atom is -0.370 e. The maximum atomic E-state index is 11.6. The van der Waals surface area contributed by atoms with Gasteiger partial charge < -0.3 is 21.1 Å². The van der Waals surface area contributed by atoms with E-state index in [-0.39, 0.29) is 16.6 Å². The van der Waals surface area contributed by atoms with E-state index in [4.69, 9.17) is 11.5 Å². The van der Waals surface area contributed by atoms with Crippen LogP contribution >= 0.6 is 0 Å². The van der Waals surface area contributed by atoms with Crippen LogP contribution in [0.1, 0.15) is 25.5 Å². The number of sulfone groups is 1. The van der Waals surface area contributed by atoms with Crippen molar-refractivity contribution in [3.8, 4) is 0 Å². The molecule has 1 aromatic heterocycles. The lowest BCUT2D eigenvalue weighted by Gasteiger charge is -2.32. The zero-order chi connectivity index (χ0) is 20.5. The molecule has 2 heterocycles. The summed E-state index contributed by atoms with van der Waals surface area (Å²) in [5, 5.41) is 13.3. The molecule has 2 aromatic rings. The third kappa shape index (κ3) is 4.76. The average Bonchev–Trinajstić information content (AvgIpc) is 2.60. The Balaban J connectivity index is 1.93.